The summed E-state index contributed by atoms with van der Waals surface area (Å²) in [4.78, 5) is 29.1. The molecule has 0 unspecified atom stereocenters. The van der Waals surface area contributed by atoms with E-state index in [1.807, 2.05) is 20.8 Å². The summed E-state index contributed by atoms with van der Waals surface area (Å²) in [6.07, 6.45) is 0.272. The van der Waals surface area contributed by atoms with Crippen molar-refractivity contribution < 1.29 is 27.5 Å². The van der Waals surface area contributed by atoms with Gasteiger partial charge in [0.25, 0.3) is 10.0 Å². The summed E-state index contributed by atoms with van der Waals surface area (Å²) in [5.74, 6) is -0.130. The Bertz CT molecular complexity index is 1580. The number of carbonyl (C=O) groups is 2. The van der Waals surface area contributed by atoms with Gasteiger partial charge in [0.05, 0.1) is 10.6 Å². The van der Waals surface area contributed by atoms with Crippen molar-refractivity contribution in [3.05, 3.63) is 82.3 Å². The molecule has 3 aromatic carbocycles. The Morgan fingerprint density at radius 2 is 1.63 bits per heavy atom. The third-order valence-corrected chi connectivity index (χ3v) is 9.04. The van der Waals surface area contributed by atoms with Crippen LogP contribution >= 0.6 is 23.2 Å². The number of sulfonamides is 1. The van der Waals surface area contributed by atoms with Crippen LogP contribution in [0.25, 0.3) is 0 Å². The Morgan fingerprint density at radius 1 is 0.953 bits per heavy atom. The summed E-state index contributed by atoms with van der Waals surface area (Å²) in [7, 11) is -4.23. The van der Waals surface area contributed by atoms with Gasteiger partial charge in [-0.2, -0.15) is 0 Å². The average molecular weight is 649 g/mol. The molecule has 1 aliphatic rings. The van der Waals surface area contributed by atoms with Crippen LogP contribution in [0.15, 0.2) is 71.6 Å². The topological polar surface area (TPSA) is 105 Å². The van der Waals surface area contributed by atoms with Crippen LogP contribution in [0, 0.1) is 0 Å². The van der Waals surface area contributed by atoms with Gasteiger partial charge in [-0.1, -0.05) is 54.4 Å². The van der Waals surface area contributed by atoms with Crippen molar-refractivity contribution >= 4 is 50.7 Å². The highest BCUT2D eigenvalue weighted by Gasteiger charge is 2.35. The first-order valence-electron chi connectivity index (χ1n) is 13.8. The van der Waals surface area contributed by atoms with E-state index < -0.39 is 34.1 Å². The minimum Gasteiger partial charge on any atom is -0.486 e. The van der Waals surface area contributed by atoms with E-state index in [9.17, 15) is 18.0 Å². The average Bonchev–Trinajstić information content (AvgIpc) is 2.96. The highest BCUT2D eigenvalue weighted by atomic mass is 35.5. The molecule has 0 bridgehead atoms. The highest BCUT2D eigenvalue weighted by Crippen LogP contribution is 2.36. The van der Waals surface area contributed by atoms with Gasteiger partial charge in [0.1, 0.15) is 25.8 Å². The lowest BCUT2D eigenvalue weighted by atomic mass is 10.1. The van der Waals surface area contributed by atoms with Gasteiger partial charge in [0.15, 0.2) is 11.5 Å². The summed E-state index contributed by atoms with van der Waals surface area (Å²) < 4.78 is 40.4. The number of fused-ring (bicyclic) bond motifs is 1. The lowest BCUT2D eigenvalue weighted by molar-refractivity contribution is -0.141. The first kappa shape index (κ1) is 32.4. The molecule has 0 aliphatic carbocycles. The second-order valence-corrected chi connectivity index (χ2v) is 13.8. The molecule has 2 amide bonds. The molecule has 3 aromatic rings. The molecule has 0 aromatic heterocycles. The van der Waals surface area contributed by atoms with Gasteiger partial charge in [-0.15, -0.1) is 0 Å². The van der Waals surface area contributed by atoms with Gasteiger partial charge in [-0.05, 0) is 69.2 Å². The fraction of sp³-hybridized carbons (Fsp3) is 0.355. The van der Waals surface area contributed by atoms with Crippen LogP contribution in [0.3, 0.4) is 0 Å². The van der Waals surface area contributed by atoms with E-state index >= 15 is 0 Å². The van der Waals surface area contributed by atoms with E-state index in [-0.39, 0.29) is 29.5 Å². The molecule has 1 heterocycles. The smallest absolute Gasteiger partial charge is 0.264 e. The summed E-state index contributed by atoms with van der Waals surface area (Å²) in [5, 5.41) is 3.68. The van der Waals surface area contributed by atoms with Crippen molar-refractivity contribution in [2.75, 3.05) is 24.1 Å². The lowest BCUT2D eigenvalue weighted by Crippen LogP contribution is -2.55. The van der Waals surface area contributed by atoms with Crippen molar-refractivity contribution in [3.8, 4) is 11.5 Å². The fourth-order valence-electron chi connectivity index (χ4n) is 4.64. The van der Waals surface area contributed by atoms with E-state index in [2.05, 4.69) is 5.32 Å². The van der Waals surface area contributed by atoms with Crippen molar-refractivity contribution in [1.82, 2.24) is 10.2 Å². The Labute approximate surface area is 262 Å². The molecule has 1 atom stereocenters. The number of nitrogens with zero attached hydrogens (tertiary/aromatic N) is 2. The van der Waals surface area contributed by atoms with Crippen molar-refractivity contribution in [2.24, 2.45) is 0 Å². The number of halogens is 2. The van der Waals surface area contributed by atoms with Crippen LogP contribution in [0.4, 0.5) is 5.69 Å². The highest BCUT2D eigenvalue weighted by molar-refractivity contribution is 7.92. The summed E-state index contributed by atoms with van der Waals surface area (Å²) in [5.41, 5.74) is 0.196. The number of ether oxygens (including phenoxy) is 2. The minimum atomic E-state index is -4.23. The van der Waals surface area contributed by atoms with Crippen LogP contribution in [0.2, 0.25) is 10.0 Å². The summed E-state index contributed by atoms with van der Waals surface area (Å²) in [6, 6.07) is 16.5. The first-order chi connectivity index (χ1) is 20.3. The number of hydrogen-bond acceptors (Lipinski definition) is 6. The van der Waals surface area contributed by atoms with E-state index in [0.29, 0.717) is 40.3 Å². The van der Waals surface area contributed by atoms with Crippen LogP contribution in [0.1, 0.15) is 39.7 Å². The second-order valence-electron chi connectivity index (χ2n) is 11.1. The zero-order valence-corrected chi connectivity index (χ0v) is 26.8. The molecule has 0 spiro atoms. The third-order valence-electron chi connectivity index (χ3n) is 6.66. The summed E-state index contributed by atoms with van der Waals surface area (Å²) >= 11 is 12.6. The number of amides is 2. The van der Waals surface area contributed by atoms with Crippen LogP contribution in [-0.2, 0) is 26.2 Å². The molecule has 9 nitrogen and oxygen atoms in total. The van der Waals surface area contributed by atoms with Gasteiger partial charge in [-0.3, -0.25) is 13.9 Å². The van der Waals surface area contributed by atoms with E-state index in [1.165, 1.54) is 23.1 Å². The standard InChI is InChI=1S/C31H35Cl2N3O6S/c1-5-26(30(38)34-31(2,3)4)35(19-21-11-12-22(32)17-25(21)33)29(37)20-36(43(39,40)24-9-7-6-8-10-24)23-13-14-27-28(18-23)42-16-15-41-27/h6-14,17-18,26H,5,15-16,19-20H2,1-4H3,(H,34,38)/t26-/m0/s1. The molecule has 4 rings (SSSR count). The monoisotopic (exact) mass is 647 g/mol. The molecule has 0 fully saturated rings. The quantitative estimate of drug-likeness (QED) is 0.303. The normalized spacial score (nSPS) is 13.6. The number of rotatable bonds is 10. The molecule has 0 radical (unpaired) electrons. The SMILES string of the molecule is CC[C@@H](C(=O)NC(C)(C)C)N(Cc1ccc(Cl)cc1Cl)C(=O)CN(c1ccc2c(c1)OCCO2)S(=O)(=O)c1ccccc1. The van der Waals surface area contributed by atoms with Gasteiger partial charge in [-0.25, -0.2) is 8.42 Å². The zero-order chi connectivity index (χ0) is 31.4. The predicted molar refractivity (Wildman–Crippen MR) is 167 cm³/mol. The van der Waals surface area contributed by atoms with Gasteiger partial charge in [0, 0.05) is 28.2 Å². The second kappa shape index (κ2) is 13.4. The molecule has 230 valence electrons. The third kappa shape index (κ3) is 7.93. The maximum absolute atomic E-state index is 14.3. The first-order valence-corrected chi connectivity index (χ1v) is 16.0. The zero-order valence-electron chi connectivity index (χ0n) is 24.5. The Morgan fingerprint density at radius 3 is 2.26 bits per heavy atom. The van der Waals surface area contributed by atoms with Gasteiger partial charge in [0.2, 0.25) is 11.8 Å². The number of anilines is 1. The maximum atomic E-state index is 14.3. The van der Waals surface area contributed by atoms with Crippen molar-refractivity contribution in [2.45, 2.75) is 57.1 Å². The Hall–Kier alpha value is -3.47. The van der Waals surface area contributed by atoms with Crippen molar-refractivity contribution in [1.29, 1.82) is 0 Å². The summed E-state index contributed by atoms with van der Waals surface area (Å²) in [6.45, 7) is 7.34. The molecule has 0 saturated heterocycles. The number of carbonyl (C=O) groups excluding carboxylic acids is 2. The molecule has 1 N–H and O–H groups in total. The Balaban J connectivity index is 1.78. The molecule has 12 heteroatoms. The number of nitrogens with one attached hydrogen (secondary N) is 1. The maximum Gasteiger partial charge on any atom is 0.264 e. The van der Waals surface area contributed by atoms with Crippen LogP contribution in [-0.4, -0.2) is 56.5 Å². The van der Waals surface area contributed by atoms with E-state index in [4.69, 9.17) is 32.7 Å². The van der Waals surface area contributed by atoms with E-state index in [1.54, 1.807) is 55.5 Å². The predicted octanol–water partition coefficient (Wildman–Crippen LogP) is 5.68. The molecular weight excluding hydrogens is 613 g/mol. The number of benzene rings is 3. The largest absolute Gasteiger partial charge is 0.486 e. The molecule has 1 aliphatic heterocycles. The van der Waals surface area contributed by atoms with Crippen LogP contribution in [0.5, 0.6) is 11.5 Å². The van der Waals surface area contributed by atoms with Gasteiger partial charge >= 0.3 is 0 Å². The Kier molecular flexibility index (Phi) is 10.1. The lowest BCUT2D eigenvalue weighted by Gasteiger charge is -2.35. The fourth-order valence-corrected chi connectivity index (χ4v) is 6.54. The van der Waals surface area contributed by atoms with Crippen molar-refractivity contribution in [3.63, 3.8) is 0 Å². The van der Waals surface area contributed by atoms with E-state index in [0.717, 1.165) is 4.31 Å². The minimum absolute atomic E-state index is 0.00232. The van der Waals surface area contributed by atoms with Gasteiger partial charge < -0.3 is 19.7 Å². The number of hydrogen-bond donors (Lipinski definition) is 1. The van der Waals surface area contributed by atoms with Crippen LogP contribution < -0.4 is 19.1 Å². The molecular formula is C31H35Cl2N3O6S. The molecule has 0 saturated carbocycles. The molecule has 43 heavy (non-hydrogen) atoms.